The number of hydrogen-bond donors (Lipinski definition) is 0. The van der Waals surface area contributed by atoms with Gasteiger partial charge < -0.3 is 23.4 Å². The van der Waals surface area contributed by atoms with Gasteiger partial charge in [0.1, 0.15) is 11.5 Å². The molecule has 0 amide bonds. The molecular formula is C25H38O5Si. The maximum atomic E-state index is 6.41. The minimum atomic E-state index is -1.16. The average molecular weight is 447 g/mol. The van der Waals surface area contributed by atoms with Crippen LogP contribution in [0.25, 0.3) is 11.1 Å². The molecule has 2 rings (SSSR count). The van der Waals surface area contributed by atoms with E-state index in [-0.39, 0.29) is 25.1 Å². The molecule has 0 aromatic heterocycles. The number of benzene rings is 2. The van der Waals surface area contributed by atoms with Gasteiger partial charge in [0.2, 0.25) is 0 Å². The second kappa shape index (κ2) is 12.2. The SMILES string of the molecule is COCOc1cc(CCC(O[SiH](C)C)C(C)(C)C)c(-c2ccccc2)c(OCOC)c1. The van der Waals surface area contributed by atoms with Crippen LogP contribution < -0.4 is 9.47 Å². The first-order chi connectivity index (χ1) is 14.8. The van der Waals surface area contributed by atoms with Crippen LogP contribution in [-0.4, -0.2) is 42.9 Å². The lowest BCUT2D eigenvalue weighted by molar-refractivity contribution is 0.0461. The normalized spacial score (nSPS) is 12.8. The van der Waals surface area contributed by atoms with Crippen molar-refractivity contribution < 1.29 is 23.4 Å². The second-order valence-corrected chi connectivity index (χ2v) is 11.4. The number of hydrogen-bond acceptors (Lipinski definition) is 5. The van der Waals surface area contributed by atoms with Crippen molar-refractivity contribution in [3.8, 4) is 22.6 Å². The minimum Gasteiger partial charge on any atom is -0.467 e. The van der Waals surface area contributed by atoms with Crippen molar-refractivity contribution in [2.45, 2.75) is 52.8 Å². The van der Waals surface area contributed by atoms with Gasteiger partial charge >= 0.3 is 0 Å². The van der Waals surface area contributed by atoms with Crippen LogP contribution in [0.1, 0.15) is 32.8 Å². The van der Waals surface area contributed by atoms with Gasteiger partial charge in [-0.3, -0.25) is 0 Å². The van der Waals surface area contributed by atoms with Gasteiger partial charge in [-0.05, 0) is 48.5 Å². The molecule has 2 aromatic carbocycles. The molecule has 0 aliphatic heterocycles. The summed E-state index contributed by atoms with van der Waals surface area (Å²) < 4.78 is 28.4. The van der Waals surface area contributed by atoms with Gasteiger partial charge in [0, 0.05) is 32.0 Å². The summed E-state index contributed by atoms with van der Waals surface area (Å²) in [6.07, 6.45) is 1.96. The maximum Gasteiger partial charge on any atom is 0.188 e. The third-order valence-corrected chi connectivity index (χ3v) is 5.85. The molecule has 1 atom stereocenters. The molecule has 0 saturated carbocycles. The summed E-state index contributed by atoms with van der Waals surface area (Å²) in [7, 11) is 2.08. The van der Waals surface area contributed by atoms with E-state index in [9.17, 15) is 0 Å². The van der Waals surface area contributed by atoms with Gasteiger partial charge in [-0.1, -0.05) is 51.1 Å². The fourth-order valence-electron chi connectivity index (χ4n) is 3.54. The van der Waals surface area contributed by atoms with E-state index in [0.29, 0.717) is 5.75 Å². The van der Waals surface area contributed by atoms with E-state index >= 15 is 0 Å². The molecule has 0 fully saturated rings. The van der Waals surface area contributed by atoms with Crippen LogP contribution in [0.2, 0.25) is 13.1 Å². The zero-order valence-corrected chi connectivity index (χ0v) is 21.2. The molecule has 0 heterocycles. The van der Waals surface area contributed by atoms with Crippen molar-refractivity contribution in [1.29, 1.82) is 0 Å². The Balaban J connectivity index is 2.47. The first kappa shape index (κ1) is 25.4. The van der Waals surface area contributed by atoms with Crippen LogP contribution in [0.5, 0.6) is 11.5 Å². The second-order valence-electron chi connectivity index (χ2n) is 9.00. The summed E-state index contributed by atoms with van der Waals surface area (Å²) in [6, 6.07) is 14.3. The molecule has 5 nitrogen and oxygen atoms in total. The predicted molar refractivity (Wildman–Crippen MR) is 128 cm³/mol. The van der Waals surface area contributed by atoms with Crippen LogP contribution in [0.4, 0.5) is 0 Å². The van der Waals surface area contributed by atoms with Gasteiger partial charge in [-0.2, -0.15) is 0 Å². The van der Waals surface area contributed by atoms with E-state index in [2.05, 4.69) is 52.1 Å². The van der Waals surface area contributed by atoms with Gasteiger partial charge in [-0.15, -0.1) is 0 Å². The molecule has 0 aliphatic rings. The maximum absolute atomic E-state index is 6.41. The smallest absolute Gasteiger partial charge is 0.188 e. The zero-order chi connectivity index (χ0) is 22.9. The van der Waals surface area contributed by atoms with E-state index in [4.69, 9.17) is 23.4 Å². The Hall–Kier alpha value is -1.86. The standard InChI is InChI=1S/C25H38O5Si/c1-25(2,3)23(30-31(6)7)14-13-20-15-21(28-17-26-4)16-22(29-18-27-5)24(20)19-11-9-8-10-12-19/h8-12,15-16,23,31H,13-14,17-18H2,1-7H3. The fourth-order valence-corrected chi connectivity index (χ4v) is 4.74. The number of aryl methyl sites for hydroxylation is 1. The Labute approximate surface area is 189 Å². The molecule has 0 radical (unpaired) electrons. The lowest BCUT2D eigenvalue weighted by Crippen LogP contribution is -2.33. The quantitative estimate of drug-likeness (QED) is 0.311. The lowest BCUT2D eigenvalue weighted by Gasteiger charge is -2.33. The van der Waals surface area contributed by atoms with Crippen molar-refractivity contribution in [3.63, 3.8) is 0 Å². The largest absolute Gasteiger partial charge is 0.467 e. The summed E-state index contributed by atoms with van der Waals surface area (Å²) in [4.78, 5) is 0. The average Bonchev–Trinajstić information content (AvgIpc) is 2.73. The highest BCUT2D eigenvalue weighted by molar-refractivity contribution is 6.48. The zero-order valence-electron chi connectivity index (χ0n) is 20.1. The minimum absolute atomic E-state index is 0.0731. The van der Waals surface area contributed by atoms with Crippen molar-refractivity contribution in [2.24, 2.45) is 5.41 Å². The highest BCUT2D eigenvalue weighted by atomic mass is 28.3. The lowest BCUT2D eigenvalue weighted by atomic mass is 9.84. The first-order valence-corrected chi connectivity index (χ1v) is 13.7. The monoisotopic (exact) mass is 446 g/mol. The van der Waals surface area contributed by atoms with Crippen LogP contribution in [-0.2, 0) is 20.3 Å². The van der Waals surface area contributed by atoms with Gasteiger partial charge in [0.25, 0.3) is 0 Å². The van der Waals surface area contributed by atoms with Crippen molar-refractivity contribution in [1.82, 2.24) is 0 Å². The van der Waals surface area contributed by atoms with E-state index in [0.717, 1.165) is 35.3 Å². The van der Waals surface area contributed by atoms with Crippen molar-refractivity contribution >= 4 is 9.04 Å². The van der Waals surface area contributed by atoms with Gasteiger partial charge in [0.05, 0.1) is 0 Å². The summed E-state index contributed by atoms with van der Waals surface area (Å²) in [6.45, 7) is 11.5. The van der Waals surface area contributed by atoms with Crippen LogP contribution in [0, 0.1) is 5.41 Å². The number of methoxy groups -OCH3 is 2. The van der Waals surface area contributed by atoms with E-state index in [1.165, 1.54) is 0 Å². The molecule has 6 heteroatoms. The molecule has 0 spiro atoms. The number of ether oxygens (including phenoxy) is 4. The Kier molecular flexibility index (Phi) is 10.0. The molecule has 0 aliphatic carbocycles. The Morgan fingerprint density at radius 1 is 0.903 bits per heavy atom. The van der Waals surface area contributed by atoms with E-state index in [1.54, 1.807) is 14.2 Å². The summed E-state index contributed by atoms with van der Waals surface area (Å²) in [5.41, 5.74) is 3.41. The van der Waals surface area contributed by atoms with Gasteiger partial charge in [-0.25, -0.2) is 0 Å². The summed E-state index contributed by atoms with van der Waals surface area (Å²) in [5, 5.41) is 0. The third kappa shape index (κ3) is 7.96. The molecule has 0 bridgehead atoms. The highest BCUT2D eigenvalue weighted by Gasteiger charge is 2.27. The van der Waals surface area contributed by atoms with Crippen molar-refractivity contribution in [3.05, 3.63) is 48.0 Å². The topological polar surface area (TPSA) is 46.2 Å². The Bertz CT molecular complexity index is 786. The Morgan fingerprint density at radius 2 is 1.55 bits per heavy atom. The van der Waals surface area contributed by atoms with Crippen LogP contribution in [0.15, 0.2) is 42.5 Å². The fraction of sp³-hybridized carbons (Fsp3) is 0.520. The van der Waals surface area contributed by atoms with E-state index < -0.39 is 9.04 Å². The third-order valence-electron chi connectivity index (χ3n) is 4.97. The van der Waals surface area contributed by atoms with Crippen LogP contribution in [0.3, 0.4) is 0 Å². The molecule has 0 N–H and O–H groups in total. The molecular weight excluding hydrogens is 408 g/mol. The summed E-state index contributed by atoms with van der Waals surface area (Å²) in [5.74, 6) is 1.46. The molecule has 2 aromatic rings. The van der Waals surface area contributed by atoms with Crippen molar-refractivity contribution in [2.75, 3.05) is 27.8 Å². The molecule has 0 saturated heterocycles. The summed E-state index contributed by atoms with van der Waals surface area (Å²) >= 11 is 0. The predicted octanol–water partition coefficient (Wildman–Crippen LogP) is 5.67. The first-order valence-electron chi connectivity index (χ1n) is 10.9. The van der Waals surface area contributed by atoms with Crippen LogP contribution >= 0.6 is 0 Å². The van der Waals surface area contributed by atoms with Gasteiger partial charge in [0.15, 0.2) is 22.6 Å². The molecule has 1 unspecified atom stereocenters. The highest BCUT2D eigenvalue weighted by Crippen LogP contribution is 2.39. The Morgan fingerprint density at radius 3 is 2.13 bits per heavy atom. The number of rotatable bonds is 12. The van der Waals surface area contributed by atoms with E-state index in [1.807, 2.05) is 24.3 Å². The molecule has 172 valence electrons. The molecule has 31 heavy (non-hydrogen) atoms.